The van der Waals surface area contributed by atoms with Crippen molar-refractivity contribution in [3.8, 4) is 6.07 Å². The average molecular weight is 319 g/mol. The zero-order chi connectivity index (χ0) is 16.2. The molecule has 0 radical (unpaired) electrons. The van der Waals surface area contributed by atoms with Crippen molar-refractivity contribution in [1.82, 2.24) is 4.98 Å². The van der Waals surface area contributed by atoms with E-state index in [0.717, 1.165) is 16.6 Å². The first-order valence-electron chi connectivity index (χ1n) is 6.97. The third-order valence-corrected chi connectivity index (χ3v) is 3.76. The molecule has 0 unspecified atom stereocenters. The first-order chi connectivity index (χ1) is 11.2. The third-order valence-electron chi connectivity index (χ3n) is 3.45. The van der Waals surface area contributed by atoms with Crippen molar-refractivity contribution in [1.29, 1.82) is 5.26 Å². The summed E-state index contributed by atoms with van der Waals surface area (Å²) in [5, 5.41) is 23.7. The standard InChI is InChI=1S/C18H13N3OS/c19-10-14(18(23)21-12-6-2-1-3-7-12)17(22)15-11-20-16-9-5-4-8-13(15)16/h1-9,11,20,22H,(H,21,23)/b17-14-. The van der Waals surface area contributed by atoms with E-state index in [4.69, 9.17) is 12.2 Å². The molecule has 1 aromatic heterocycles. The lowest BCUT2D eigenvalue weighted by Crippen LogP contribution is -2.12. The number of para-hydroxylation sites is 2. The number of hydrogen-bond donors (Lipinski definition) is 3. The number of aromatic nitrogens is 1. The zero-order valence-corrected chi connectivity index (χ0v) is 12.9. The van der Waals surface area contributed by atoms with Crippen LogP contribution in [-0.4, -0.2) is 15.1 Å². The van der Waals surface area contributed by atoms with Gasteiger partial charge < -0.3 is 15.4 Å². The molecular formula is C18H13N3OS. The molecule has 3 rings (SSSR count). The van der Waals surface area contributed by atoms with Crippen LogP contribution in [0.3, 0.4) is 0 Å². The average Bonchev–Trinajstić information content (AvgIpc) is 3.00. The summed E-state index contributed by atoms with van der Waals surface area (Å²) in [4.78, 5) is 3.25. The SMILES string of the molecule is N#C/C(C(=S)Nc1ccccc1)=C(/O)c1c[nH]c2ccccc12. The smallest absolute Gasteiger partial charge is 0.145 e. The van der Waals surface area contributed by atoms with Crippen LogP contribution in [0.4, 0.5) is 5.69 Å². The van der Waals surface area contributed by atoms with E-state index in [1.807, 2.05) is 60.7 Å². The van der Waals surface area contributed by atoms with E-state index in [9.17, 15) is 10.4 Å². The molecule has 112 valence electrons. The van der Waals surface area contributed by atoms with Crippen molar-refractivity contribution >= 4 is 39.6 Å². The van der Waals surface area contributed by atoms with E-state index < -0.39 is 0 Å². The van der Waals surface area contributed by atoms with Crippen molar-refractivity contribution in [3.05, 3.63) is 71.9 Å². The van der Waals surface area contributed by atoms with Gasteiger partial charge in [0.25, 0.3) is 0 Å². The maximum atomic E-state index is 10.5. The summed E-state index contributed by atoms with van der Waals surface area (Å²) in [5.74, 6) is -0.140. The quantitative estimate of drug-likeness (QED) is 0.289. The van der Waals surface area contributed by atoms with Gasteiger partial charge in [0.1, 0.15) is 22.4 Å². The Balaban J connectivity index is 1.99. The van der Waals surface area contributed by atoms with Gasteiger partial charge in [-0.3, -0.25) is 0 Å². The van der Waals surface area contributed by atoms with Gasteiger partial charge in [0.05, 0.1) is 0 Å². The fraction of sp³-hybridized carbons (Fsp3) is 0. The molecular weight excluding hydrogens is 306 g/mol. The highest BCUT2D eigenvalue weighted by Crippen LogP contribution is 2.26. The van der Waals surface area contributed by atoms with Crippen LogP contribution in [0.15, 0.2) is 66.4 Å². The molecule has 0 saturated heterocycles. The topological polar surface area (TPSA) is 71.8 Å². The van der Waals surface area contributed by atoms with Crippen LogP contribution in [-0.2, 0) is 0 Å². The number of nitriles is 1. The van der Waals surface area contributed by atoms with Crippen molar-refractivity contribution in [3.63, 3.8) is 0 Å². The Morgan fingerprint density at radius 3 is 2.52 bits per heavy atom. The number of aliphatic hydroxyl groups excluding tert-OH is 1. The summed E-state index contributed by atoms with van der Waals surface area (Å²) in [5.41, 5.74) is 2.23. The number of thiocarbonyl (C=S) groups is 1. The molecule has 5 heteroatoms. The van der Waals surface area contributed by atoms with Crippen LogP contribution in [0.2, 0.25) is 0 Å². The molecule has 0 aliphatic carbocycles. The number of nitrogens with zero attached hydrogens (tertiary/aromatic N) is 1. The van der Waals surface area contributed by atoms with Gasteiger partial charge in [0.15, 0.2) is 0 Å². The number of benzene rings is 2. The highest BCUT2D eigenvalue weighted by Gasteiger charge is 2.16. The van der Waals surface area contributed by atoms with Crippen LogP contribution < -0.4 is 5.32 Å². The predicted octanol–water partition coefficient (Wildman–Crippen LogP) is 4.40. The molecule has 0 atom stereocenters. The maximum Gasteiger partial charge on any atom is 0.145 e. The van der Waals surface area contributed by atoms with Gasteiger partial charge in [-0.15, -0.1) is 0 Å². The molecule has 2 aromatic carbocycles. The van der Waals surface area contributed by atoms with Gasteiger partial charge in [0.2, 0.25) is 0 Å². The highest BCUT2D eigenvalue weighted by molar-refractivity contribution is 7.81. The van der Waals surface area contributed by atoms with E-state index in [-0.39, 0.29) is 16.3 Å². The Bertz CT molecular complexity index is 936. The minimum atomic E-state index is -0.140. The molecule has 0 aliphatic rings. The molecule has 3 aromatic rings. The summed E-state index contributed by atoms with van der Waals surface area (Å²) < 4.78 is 0. The molecule has 0 aliphatic heterocycles. The molecule has 3 N–H and O–H groups in total. The van der Waals surface area contributed by atoms with Crippen molar-refractivity contribution in [2.45, 2.75) is 0 Å². The van der Waals surface area contributed by atoms with Gasteiger partial charge >= 0.3 is 0 Å². The first-order valence-corrected chi connectivity index (χ1v) is 7.37. The van der Waals surface area contributed by atoms with Crippen LogP contribution in [0.1, 0.15) is 5.56 Å². The minimum Gasteiger partial charge on any atom is -0.506 e. The van der Waals surface area contributed by atoms with E-state index in [0.29, 0.717) is 5.56 Å². The molecule has 0 spiro atoms. The van der Waals surface area contributed by atoms with E-state index in [1.165, 1.54) is 0 Å². The molecule has 0 bridgehead atoms. The van der Waals surface area contributed by atoms with Gasteiger partial charge in [-0.1, -0.05) is 48.6 Å². The number of aliphatic hydroxyl groups is 1. The monoisotopic (exact) mass is 319 g/mol. The second-order valence-electron chi connectivity index (χ2n) is 4.90. The maximum absolute atomic E-state index is 10.5. The zero-order valence-electron chi connectivity index (χ0n) is 12.1. The molecule has 1 heterocycles. The van der Waals surface area contributed by atoms with Crippen LogP contribution >= 0.6 is 12.2 Å². The number of hydrogen-bond acceptors (Lipinski definition) is 3. The molecule has 0 saturated carbocycles. The second kappa shape index (κ2) is 6.34. The Hall–Kier alpha value is -3.10. The highest BCUT2D eigenvalue weighted by atomic mass is 32.1. The lowest BCUT2D eigenvalue weighted by molar-refractivity contribution is 0.511. The number of aromatic amines is 1. The number of anilines is 1. The van der Waals surface area contributed by atoms with Crippen LogP contribution in [0.25, 0.3) is 16.7 Å². The normalized spacial score (nSPS) is 11.6. The Labute approximate surface area is 138 Å². The number of fused-ring (bicyclic) bond motifs is 1. The Kier molecular flexibility index (Phi) is 4.09. The van der Waals surface area contributed by atoms with Gasteiger partial charge in [0, 0.05) is 28.4 Å². The van der Waals surface area contributed by atoms with Crippen molar-refractivity contribution in [2.24, 2.45) is 0 Å². The summed E-state index contributed by atoms with van der Waals surface area (Å²) in [6, 6.07) is 18.8. The van der Waals surface area contributed by atoms with Gasteiger partial charge in [-0.25, -0.2) is 0 Å². The van der Waals surface area contributed by atoms with Crippen molar-refractivity contribution < 1.29 is 5.11 Å². The van der Waals surface area contributed by atoms with Crippen molar-refractivity contribution in [2.75, 3.05) is 5.32 Å². The molecule has 0 amide bonds. The molecule has 23 heavy (non-hydrogen) atoms. The Morgan fingerprint density at radius 2 is 1.78 bits per heavy atom. The van der Waals surface area contributed by atoms with Crippen LogP contribution in [0, 0.1) is 11.3 Å². The summed E-state index contributed by atoms with van der Waals surface area (Å²) in [6.45, 7) is 0. The minimum absolute atomic E-state index is 0.0357. The lowest BCUT2D eigenvalue weighted by Gasteiger charge is -2.08. The number of nitrogens with one attached hydrogen (secondary N) is 2. The largest absolute Gasteiger partial charge is 0.506 e. The van der Waals surface area contributed by atoms with E-state index >= 15 is 0 Å². The molecule has 0 fully saturated rings. The number of rotatable bonds is 3. The first kappa shape index (κ1) is 14.8. The summed E-state index contributed by atoms with van der Waals surface area (Å²) in [6.07, 6.45) is 1.67. The third kappa shape index (κ3) is 2.93. The van der Waals surface area contributed by atoms with Gasteiger partial charge in [-0.2, -0.15) is 5.26 Å². The second-order valence-corrected chi connectivity index (χ2v) is 5.31. The lowest BCUT2D eigenvalue weighted by atomic mass is 10.1. The molecule has 4 nitrogen and oxygen atoms in total. The van der Waals surface area contributed by atoms with E-state index in [1.54, 1.807) is 6.20 Å². The Morgan fingerprint density at radius 1 is 1.09 bits per heavy atom. The number of H-pyrrole nitrogens is 1. The fourth-order valence-corrected chi connectivity index (χ4v) is 2.59. The predicted molar refractivity (Wildman–Crippen MR) is 96.1 cm³/mol. The van der Waals surface area contributed by atoms with E-state index in [2.05, 4.69) is 10.3 Å². The summed E-state index contributed by atoms with van der Waals surface area (Å²) in [7, 11) is 0. The van der Waals surface area contributed by atoms with Crippen LogP contribution in [0.5, 0.6) is 0 Å². The summed E-state index contributed by atoms with van der Waals surface area (Å²) >= 11 is 5.27. The van der Waals surface area contributed by atoms with Gasteiger partial charge in [-0.05, 0) is 18.2 Å². The fourth-order valence-electron chi connectivity index (χ4n) is 2.33.